The van der Waals surface area contributed by atoms with Gasteiger partial charge in [0, 0.05) is 12.6 Å². The van der Waals surface area contributed by atoms with Crippen LogP contribution >= 0.6 is 0 Å². The van der Waals surface area contributed by atoms with Gasteiger partial charge in [-0.3, -0.25) is 4.79 Å². The van der Waals surface area contributed by atoms with E-state index in [9.17, 15) is 4.79 Å². The fourth-order valence-corrected chi connectivity index (χ4v) is 2.17. The van der Waals surface area contributed by atoms with Gasteiger partial charge in [-0.2, -0.15) is 5.26 Å². The van der Waals surface area contributed by atoms with Gasteiger partial charge in [-0.1, -0.05) is 0 Å². The zero-order valence-electron chi connectivity index (χ0n) is 10.9. The summed E-state index contributed by atoms with van der Waals surface area (Å²) >= 11 is 0. The number of hydrogen-bond acceptors (Lipinski definition) is 4. The van der Waals surface area contributed by atoms with Gasteiger partial charge in [0.15, 0.2) is 0 Å². The highest BCUT2D eigenvalue weighted by atomic mass is 16.5. The molecule has 0 bridgehead atoms. The van der Waals surface area contributed by atoms with Gasteiger partial charge in [-0.05, 0) is 31.5 Å². The molecule has 1 saturated heterocycles. The number of methoxy groups -OCH3 is 1. The summed E-state index contributed by atoms with van der Waals surface area (Å²) in [6.07, 6.45) is 1.92. The number of nitrogens with zero attached hydrogens (tertiary/aromatic N) is 1. The fraction of sp³-hybridized carbons (Fsp3) is 0.429. The number of amides is 1. The molecule has 1 aliphatic rings. The highest BCUT2D eigenvalue weighted by molar-refractivity contribution is 5.94. The molecular formula is C14H17N3O2. The lowest BCUT2D eigenvalue weighted by molar-refractivity contribution is -0.120. The average molecular weight is 259 g/mol. The van der Waals surface area contributed by atoms with E-state index in [1.165, 1.54) is 7.11 Å². The summed E-state index contributed by atoms with van der Waals surface area (Å²) < 4.78 is 5.19. The van der Waals surface area contributed by atoms with E-state index in [-0.39, 0.29) is 11.8 Å². The normalized spacial score (nSPS) is 18.4. The molecule has 1 aliphatic heterocycles. The summed E-state index contributed by atoms with van der Waals surface area (Å²) in [6, 6.07) is 7.03. The quantitative estimate of drug-likeness (QED) is 0.862. The van der Waals surface area contributed by atoms with Crippen molar-refractivity contribution in [2.24, 2.45) is 5.92 Å². The number of piperidine rings is 1. The second-order valence-electron chi connectivity index (χ2n) is 4.56. The zero-order chi connectivity index (χ0) is 13.7. The Balaban J connectivity index is 2.09. The Morgan fingerprint density at radius 2 is 2.42 bits per heavy atom. The van der Waals surface area contributed by atoms with Gasteiger partial charge in [0.25, 0.3) is 0 Å². The Bertz CT molecular complexity index is 502. The number of carbonyl (C=O) groups excluding carboxylic acids is 1. The van der Waals surface area contributed by atoms with Crippen LogP contribution in [0.1, 0.15) is 18.4 Å². The molecular weight excluding hydrogens is 242 g/mol. The van der Waals surface area contributed by atoms with Gasteiger partial charge in [0.2, 0.25) is 5.91 Å². The highest BCUT2D eigenvalue weighted by Crippen LogP contribution is 2.26. The van der Waals surface area contributed by atoms with E-state index in [0.717, 1.165) is 19.4 Å². The van der Waals surface area contributed by atoms with E-state index in [2.05, 4.69) is 10.6 Å². The molecule has 1 aromatic rings. The van der Waals surface area contributed by atoms with Gasteiger partial charge >= 0.3 is 0 Å². The molecule has 100 valence electrons. The molecule has 2 rings (SSSR count). The summed E-state index contributed by atoms with van der Waals surface area (Å²) in [7, 11) is 1.52. The molecule has 1 amide bonds. The fourth-order valence-electron chi connectivity index (χ4n) is 2.17. The Labute approximate surface area is 112 Å². The van der Waals surface area contributed by atoms with Gasteiger partial charge in [-0.25, -0.2) is 0 Å². The predicted octanol–water partition coefficient (Wildman–Crippen LogP) is 1.50. The maximum Gasteiger partial charge on any atom is 0.228 e. The topological polar surface area (TPSA) is 74.1 Å². The van der Waals surface area contributed by atoms with E-state index in [0.29, 0.717) is 23.5 Å². The molecule has 5 nitrogen and oxygen atoms in total. The minimum atomic E-state index is -0.00546. The van der Waals surface area contributed by atoms with Crippen LogP contribution < -0.4 is 15.4 Å². The first-order chi connectivity index (χ1) is 9.24. The number of anilines is 1. The molecule has 1 heterocycles. The van der Waals surface area contributed by atoms with Crippen molar-refractivity contribution in [3.8, 4) is 11.8 Å². The Morgan fingerprint density at radius 1 is 1.58 bits per heavy atom. The van der Waals surface area contributed by atoms with Crippen LogP contribution in [0.4, 0.5) is 5.69 Å². The van der Waals surface area contributed by atoms with Crippen LogP contribution in [0.2, 0.25) is 0 Å². The summed E-state index contributed by atoms with van der Waals surface area (Å²) in [6.45, 7) is 1.69. The van der Waals surface area contributed by atoms with Gasteiger partial charge in [0.05, 0.1) is 30.3 Å². The minimum Gasteiger partial charge on any atom is -0.495 e. The van der Waals surface area contributed by atoms with E-state index >= 15 is 0 Å². The maximum atomic E-state index is 12.1. The molecule has 1 aromatic carbocycles. The predicted molar refractivity (Wildman–Crippen MR) is 71.9 cm³/mol. The zero-order valence-corrected chi connectivity index (χ0v) is 10.9. The lowest BCUT2D eigenvalue weighted by Gasteiger charge is -2.22. The van der Waals surface area contributed by atoms with E-state index < -0.39 is 0 Å². The van der Waals surface area contributed by atoms with Crippen LogP contribution in [0, 0.1) is 17.2 Å². The van der Waals surface area contributed by atoms with E-state index in [1.54, 1.807) is 18.2 Å². The number of nitrogens with one attached hydrogen (secondary N) is 2. The first kappa shape index (κ1) is 13.4. The second kappa shape index (κ2) is 6.21. The number of nitriles is 1. The van der Waals surface area contributed by atoms with Crippen LogP contribution in [-0.2, 0) is 4.79 Å². The van der Waals surface area contributed by atoms with Crippen LogP contribution in [0.3, 0.4) is 0 Å². The number of hydrogen-bond donors (Lipinski definition) is 2. The minimum absolute atomic E-state index is 0.00444. The summed E-state index contributed by atoms with van der Waals surface area (Å²) in [4.78, 5) is 12.1. The Hall–Kier alpha value is -2.06. The molecule has 0 radical (unpaired) electrons. The van der Waals surface area contributed by atoms with Gasteiger partial charge in [-0.15, -0.1) is 0 Å². The highest BCUT2D eigenvalue weighted by Gasteiger charge is 2.21. The molecule has 5 heteroatoms. The standard InChI is InChI=1S/C14H17N3O2/c1-19-13-7-10(8-15)4-5-12(13)17-14(18)11-3-2-6-16-9-11/h4-5,7,11,16H,2-3,6,9H2,1H3,(H,17,18)/t11-/m1/s1. The number of carbonyl (C=O) groups is 1. The Kier molecular flexibility index (Phi) is 4.37. The Morgan fingerprint density at radius 3 is 3.05 bits per heavy atom. The van der Waals surface area contributed by atoms with Crippen molar-refractivity contribution < 1.29 is 9.53 Å². The van der Waals surface area contributed by atoms with Crippen molar-refractivity contribution >= 4 is 11.6 Å². The third-order valence-corrected chi connectivity index (χ3v) is 3.26. The largest absolute Gasteiger partial charge is 0.495 e. The van der Waals surface area contributed by atoms with Crippen molar-refractivity contribution in [2.75, 3.05) is 25.5 Å². The van der Waals surface area contributed by atoms with Crippen molar-refractivity contribution in [3.63, 3.8) is 0 Å². The molecule has 0 spiro atoms. The lowest BCUT2D eigenvalue weighted by atomic mass is 9.98. The molecule has 0 aliphatic carbocycles. The van der Waals surface area contributed by atoms with E-state index in [4.69, 9.17) is 10.00 Å². The molecule has 2 N–H and O–H groups in total. The van der Waals surface area contributed by atoms with E-state index in [1.807, 2.05) is 6.07 Å². The molecule has 19 heavy (non-hydrogen) atoms. The lowest BCUT2D eigenvalue weighted by Crippen LogP contribution is -2.37. The second-order valence-corrected chi connectivity index (χ2v) is 4.56. The summed E-state index contributed by atoms with van der Waals surface area (Å²) in [5, 5.41) is 14.9. The van der Waals surface area contributed by atoms with Gasteiger partial charge < -0.3 is 15.4 Å². The number of rotatable bonds is 3. The first-order valence-electron chi connectivity index (χ1n) is 6.34. The SMILES string of the molecule is COc1cc(C#N)ccc1NC(=O)[C@@H]1CCCNC1. The van der Waals surface area contributed by atoms with Crippen LogP contribution in [0.5, 0.6) is 5.75 Å². The molecule has 0 saturated carbocycles. The molecule has 1 fully saturated rings. The summed E-state index contributed by atoms with van der Waals surface area (Å²) in [5.41, 5.74) is 1.12. The number of benzene rings is 1. The van der Waals surface area contributed by atoms with Crippen molar-refractivity contribution in [3.05, 3.63) is 23.8 Å². The van der Waals surface area contributed by atoms with Crippen molar-refractivity contribution in [1.82, 2.24) is 5.32 Å². The average Bonchev–Trinajstić information content (AvgIpc) is 2.48. The van der Waals surface area contributed by atoms with Gasteiger partial charge in [0.1, 0.15) is 5.75 Å². The van der Waals surface area contributed by atoms with Crippen LogP contribution in [0.15, 0.2) is 18.2 Å². The number of ether oxygens (including phenoxy) is 1. The van der Waals surface area contributed by atoms with Crippen LogP contribution in [-0.4, -0.2) is 26.1 Å². The smallest absolute Gasteiger partial charge is 0.228 e. The molecule has 0 unspecified atom stereocenters. The first-order valence-corrected chi connectivity index (χ1v) is 6.34. The third-order valence-electron chi connectivity index (χ3n) is 3.26. The molecule has 1 atom stereocenters. The summed E-state index contributed by atoms with van der Waals surface area (Å²) in [5.74, 6) is 0.500. The molecule has 0 aromatic heterocycles. The monoisotopic (exact) mass is 259 g/mol. The van der Waals surface area contributed by atoms with Crippen molar-refractivity contribution in [2.45, 2.75) is 12.8 Å². The van der Waals surface area contributed by atoms with Crippen molar-refractivity contribution in [1.29, 1.82) is 5.26 Å². The van der Waals surface area contributed by atoms with Crippen LogP contribution in [0.25, 0.3) is 0 Å². The third kappa shape index (κ3) is 3.24. The maximum absolute atomic E-state index is 12.1.